The lowest BCUT2D eigenvalue weighted by atomic mass is 10.2. The fraction of sp³-hybridized carbons (Fsp3) is 0.333. The average molecular weight is 370 g/mol. The summed E-state index contributed by atoms with van der Waals surface area (Å²) in [6.07, 6.45) is 0.0612. The zero-order valence-corrected chi connectivity index (χ0v) is 16.1. The number of rotatable bonds is 7. The quantitative estimate of drug-likeness (QED) is 0.731. The van der Waals surface area contributed by atoms with Crippen molar-refractivity contribution in [2.75, 3.05) is 6.61 Å². The van der Waals surface area contributed by atoms with Gasteiger partial charge in [-0.05, 0) is 68.3 Å². The summed E-state index contributed by atoms with van der Waals surface area (Å²) in [4.78, 5) is 24.3. The fourth-order valence-corrected chi connectivity index (χ4v) is 2.18. The molecule has 2 amide bonds. The number of carbonyl (C=O) groups excluding carboxylic acids is 2. The summed E-state index contributed by atoms with van der Waals surface area (Å²) in [5.41, 5.74) is 5.65. The lowest BCUT2D eigenvalue weighted by Gasteiger charge is -2.11. The number of hydrogen-bond donors (Lipinski definition) is 2. The molecule has 0 spiro atoms. The highest BCUT2D eigenvalue weighted by Crippen LogP contribution is 2.14. The largest absolute Gasteiger partial charge is 0.493 e. The molecule has 0 atom stereocenters. The molecule has 0 heterocycles. The van der Waals surface area contributed by atoms with Gasteiger partial charge < -0.3 is 9.47 Å². The summed E-state index contributed by atoms with van der Waals surface area (Å²) in [6, 6.07) is 13.5. The summed E-state index contributed by atoms with van der Waals surface area (Å²) < 4.78 is 11.1. The second-order valence-corrected chi connectivity index (χ2v) is 6.83. The maximum atomic E-state index is 12.1. The Morgan fingerprint density at radius 3 is 1.63 bits per heavy atom. The molecule has 0 radical (unpaired) electrons. The van der Waals surface area contributed by atoms with Gasteiger partial charge in [0.15, 0.2) is 0 Å². The molecule has 2 rings (SSSR count). The van der Waals surface area contributed by atoms with E-state index in [1.165, 1.54) is 0 Å². The van der Waals surface area contributed by atoms with Crippen LogP contribution in [0, 0.1) is 5.92 Å². The van der Waals surface area contributed by atoms with E-state index in [0.29, 0.717) is 35.2 Å². The molecule has 2 N–H and O–H groups in total. The van der Waals surface area contributed by atoms with Crippen molar-refractivity contribution < 1.29 is 19.1 Å². The molecule has 0 aromatic heterocycles. The summed E-state index contributed by atoms with van der Waals surface area (Å²) in [5.74, 6) is 1.00. The number of amides is 2. The SMILES string of the molecule is CC(C)COc1ccc(C(=O)NNC(=O)c2ccc(OC(C)C)cc2)cc1. The van der Waals surface area contributed by atoms with Crippen LogP contribution in [0.3, 0.4) is 0 Å². The molecule has 0 aliphatic carbocycles. The Balaban J connectivity index is 1.86. The van der Waals surface area contributed by atoms with Crippen molar-refractivity contribution in [2.45, 2.75) is 33.8 Å². The van der Waals surface area contributed by atoms with Crippen LogP contribution in [0.4, 0.5) is 0 Å². The Morgan fingerprint density at radius 1 is 0.778 bits per heavy atom. The summed E-state index contributed by atoms with van der Waals surface area (Å²) in [6.45, 7) is 8.60. The number of hydrogen-bond acceptors (Lipinski definition) is 4. The van der Waals surface area contributed by atoms with E-state index in [0.717, 1.165) is 0 Å². The maximum Gasteiger partial charge on any atom is 0.269 e. The lowest BCUT2D eigenvalue weighted by molar-refractivity contribution is 0.0846. The van der Waals surface area contributed by atoms with Gasteiger partial charge >= 0.3 is 0 Å². The topological polar surface area (TPSA) is 76.7 Å². The van der Waals surface area contributed by atoms with Crippen LogP contribution in [0.15, 0.2) is 48.5 Å². The van der Waals surface area contributed by atoms with Crippen molar-refractivity contribution in [2.24, 2.45) is 5.92 Å². The predicted molar refractivity (Wildman–Crippen MR) is 104 cm³/mol. The van der Waals surface area contributed by atoms with E-state index in [1.54, 1.807) is 48.5 Å². The Bertz CT molecular complexity index is 753. The zero-order chi connectivity index (χ0) is 19.8. The smallest absolute Gasteiger partial charge is 0.269 e. The Hall–Kier alpha value is -3.02. The summed E-state index contributed by atoms with van der Waals surface area (Å²) in [7, 11) is 0. The van der Waals surface area contributed by atoms with Crippen LogP contribution in [-0.2, 0) is 0 Å². The highest BCUT2D eigenvalue weighted by molar-refractivity contribution is 5.99. The first kappa shape index (κ1) is 20.3. The van der Waals surface area contributed by atoms with Gasteiger partial charge in [0.05, 0.1) is 12.7 Å². The standard InChI is InChI=1S/C21H26N2O4/c1-14(2)13-26-18-9-5-16(6-10-18)20(24)22-23-21(25)17-7-11-19(12-8-17)27-15(3)4/h5-12,14-15H,13H2,1-4H3,(H,22,24)(H,23,25). The predicted octanol–water partition coefficient (Wildman–Crippen LogP) is 3.58. The zero-order valence-electron chi connectivity index (χ0n) is 16.1. The Morgan fingerprint density at radius 2 is 1.22 bits per heavy atom. The van der Waals surface area contributed by atoms with Crippen LogP contribution < -0.4 is 20.3 Å². The van der Waals surface area contributed by atoms with Gasteiger partial charge in [-0.15, -0.1) is 0 Å². The van der Waals surface area contributed by atoms with Crippen LogP contribution in [0.2, 0.25) is 0 Å². The van der Waals surface area contributed by atoms with Gasteiger partial charge in [-0.1, -0.05) is 13.8 Å². The van der Waals surface area contributed by atoms with Crippen LogP contribution in [-0.4, -0.2) is 24.5 Å². The third-order valence-electron chi connectivity index (χ3n) is 3.48. The minimum Gasteiger partial charge on any atom is -0.493 e. The molecule has 0 unspecified atom stereocenters. The van der Waals surface area contributed by atoms with Crippen LogP contribution in [0.1, 0.15) is 48.4 Å². The van der Waals surface area contributed by atoms with Gasteiger partial charge in [0.25, 0.3) is 11.8 Å². The molecular weight excluding hydrogens is 344 g/mol. The van der Waals surface area contributed by atoms with Crippen molar-refractivity contribution >= 4 is 11.8 Å². The first-order valence-electron chi connectivity index (χ1n) is 8.95. The van der Waals surface area contributed by atoms with Gasteiger partial charge in [-0.25, -0.2) is 0 Å². The van der Waals surface area contributed by atoms with Crippen LogP contribution >= 0.6 is 0 Å². The Labute approximate surface area is 159 Å². The van der Waals surface area contributed by atoms with E-state index in [-0.39, 0.29) is 6.10 Å². The van der Waals surface area contributed by atoms with Crippen molar-refractivity contribution in [3.63, 3.8) is 0 Å². The molecule has 6 nitrogen and oxygen atoms in total. The highest BCUT2D eigenvalue weighted by Gasteiger charge is 2.10. The van der Waals surface area contributed by atoms with E-state index < -0.39 is 11.8 Å². The van der Waals surface area contributed by atoms with Crippen molar-refractivity contribution in [3.8, 4) is 11.5 Å². The van der Waals surface area contributed by atoms with Gasteiger partial charge in [-0.3, -0.25) is 20.4 Å². The van der Waals surface area contributed by atoms with Gasteiger partial charge in [-0.2, -0.15) is 0 Å². The van der Waals surface area contributed by atoms with Crippen molar-refractivity contribution in [3.05, 3.63) is 59.7 Å². The van der Waals surface area contributed by atoms with E-state index in [2.05, 4.69) is 24.7 Å². The minimum absolute atomic E-state index is 0.0612. The second kappa shape index (κ2) is 9.62. The molecule has 2 aromatic rings. The molecule has 0 fully saturated rings. The number of hydrazine groups is 1. The molecule has 0 aliphatic rings. The molecule has 0 aliphatic heterocycles. The number of carbonyl (C=O) groups is 2. The van der Waals surface area contributed by atoms with Crippen molar-refractivity contribution in [1.29, 1.82) is 0 Å². The normalized spacial score (nSPS) is 10.6. The summed E-state index contributed by atoms with van der Waals surface area (Å²) >= 11 is 0. The maximum absolute atomic E-state index is 12.1. The average Bonchev–Trinajstić information content (AvgIpc) is 2.64. The summed E-state index contributed by atoms with van der Waals surface area (Å²) in [5, 5.41) is 0. The first-order valence-corrected chi connectivity index (χ1v) is 8.95. The minimum atomic E-state index is -0.406. The molecule has 144 valence electrons. The third-order valence-corrected chi connectivity index (χ3v) is 3.48. The van der Waals surface area contributed by atoms with E-state index in [1.807, 2.05) is 13.8 Å². The number of benzene rings is 2. The third kappa shape index (κ3) is 6.66. The van der Waals surface area contributed by atoms with Crippen molar-refractivity contribution in [1.82, 2.24) is 10.9 Å². The fourth-order valence-electron chi connectivity index (χ4n) is 2.18. The molecule has 2 aromatic carbocycles. The number of ether oxygens (including phenoxy) is 2. The first-order chi connectivity index (χ1) is 12.8. The van der Waals surface area contributed by atoms with Gasteiger partial charge in [0.2, 0.25) is 0 Å². The molecular formula is C21H26N2O4. The number of nitrogens with one attached hydrogen (secondary N) is 2. The molecule has 6 heteroatoms. The van der Waals surface area contributed by atoms with E-state index in [9.17, 15) is 9.59 Å². The Kier molecular flexibility index (Phi) is 7.23. The van der Waals surface area contributed by atoms with E-state index >= 15 is 0 Å². The molecule has 27 heavy (non-hydrogen) atoms. The van der Waals surface area contributed by atoms with Gasteiger partial charge in [0.1, 0.15) is 11.5 Å². The monoisotopic (exact) mass is 370 g/mol. The molecule has 0 saturated heterocycles. The molecule has 0 bridgehead atoms. The second-order valence-electron chi connectivity index (χ2n) is 6.83. The molecule has 0 saturated carbocycles. The highest BCUT2D eigenvalue weighted by atomic mass is 16.5. The van der Waals surface area contributed by atoms with Crippen LogP contribution in [0.25, 0.3) is 0 Å². The van der Waals surface area contributed by atoms with E-state index in [4.69, 9.17) is 9.47 Å². The van der Waals surface area contributed by atoms with Crippen LogP contribution in [0.5, 0.6) is 11.5 Å². The lowest BCUT2D eigenvalue weighted by Crippen LogP contribution is -2.41. The van der Waals surface area contributed by atoms with Gasteiger partial charge in [0, 0.05) is 11.1 Å².